The zero-order valence-electron chi connectivity index (χ0n) is 11.5. The van der Waals surface area contributed by atoms with E-state index in [2.05, 4.69) is 5.32 Å². The van der Waals surface area contributed by atoms with Crippen LogP contribution < -0.4 is 5.32 Å². The molecule has 0 saturated carbocycles. The molecule has 0 aliphatic heterocycles. The molecular formula is C16H13F2NO3. The van der Waals surface area contributed by atoms with Crippen LogP contribution in [-0.4, -0.2) is 17.0 Å². The summed E-state index contributed by atoms with van der Waals surface area (Å²) in [6, 6.07) is 9.16. The van der Waals surface area contributed by atoms with E-state index >= 15 is 0 Å². The van der Waals surface area contributed by atoms with Gasteiger partial charge in [0, 0.05) is 12.6 Å². The van der Waals surface area contributed by atoms with Crippen molar-refractivity contribution in [3.63, 3.8) is 0 Å². The van der Waals surface area contributed by atoms with Crippen molar-refractivity contribution in [3.05, 3.63) is 70.8 Å². The summed E-state index contributed by atoms with van der Waals surface area (Å²) >= 11 is 0. The Labute approximate surface area is 125 Å². The van der Waals surface area contributed by atoms with Crippen LogP contribution in [0.2, 0.25) is 0 Å². The second-order valence-electron chi connectivity index (χ2n) is 4.69. The van der Waals surface area contributed by atoms with Crippen LogP contribution in [0.15, 0.2) is 42.5 Å². The van der Waals surface area contributed by atoms with E-state index in [0.29, 0.717) is 5.56 Å². The van der Waals surface area contributed by atoms with Gasteiger partial charge in [0.2, 0.25) is 5.91 Å². The first-order valence-electron chi connectivity index (χ1n) is 6.48. The van der Waals surface area contributed by atoms with Crippen LogP contribution in [-0.2, 0) is 17.8 Å². The van der Waals surface area contributed by atoms with Gasteiger partial charge in [0.25, 0.3) is 0 Å². The van der Waals surface area contributed by atoms with E-state index in [1.54, 1.807) is 12.1 Å². The molecule has 0 saturated heterocycles. The Bertz CT molecular complexity index is 716. The van der Waals surface area contributed by atoms with Crippen LogP contribution in [0, 0.1) is 11.6 Å². The first-order chi connectivity index (χ1) is 10.5. The Balaban J connectivity index is 1.95. The van der Waals surface area contributed by atoms with Gasteiger partial charge >= 0.3 is 5.97 Å². The third kappa shape index (κ3) is 4.12. The summed E-state index contributed by atoms with van der Waals surface area (Å²) < 4.78 is 26.2. The molecule has 22 heavy (non-hydrogen) atoms. The Morgan fingerprint density at radius 1 is 1.09 bits per heavy atom. The van der Waals surface area contributed by atoms with Gasteiger partial charge in [-0.2, -0.15) is 0 Å². The largest absolute Gasteiger partial charge is 0.478 e. The van der Waals surface area contributed by atoms with Crippen molar-refractivity contribution >= 4 is 11.9 Å². The van der Waals surface area contributed by atoms with E-state index in [4.69, 9.17) is 5.11 Å². The number of nitrogens with one attached hydrogen (secondary N) is 1. The summed E-state index contributed by atoms with van der Waals surface area (Å²) in [5.74, 6) is -2.97. The van der Waals surface area contributed by atoms with E-state index in [9.17, 15) is 18.4 Å². The van der Waals surface area contributed by atoms with E-state index in [1.165, 1.54) is 18.2 Å². The molecule has 2 N–H and O–H groups in total. The zero-order valence-corrected chi connectivity index (χ0v) is 11.5. The second kappa shape index (κ2) is 6.80. The molecule has 0 atom stereocenters. The van der Waals surface area contributed by atoms with Crippen LogP contribution in [0.5, 0.6) is 0 Å². The van der Waals surface area contributed by atoms with Crippen molar-refractivity contribution in [2.45, 2.75) is 13.0 Å². The highest BCUT2D eigenvalue weighted by Crippen LogP contribution is 2.10. The van der Waals surface area contributed by atoms with Gasteiger partial charge in [-0.25, -0.2) is 13.6 Å². The van der Waals surface area contributed by atoms with Crippen molar-refractivity contribution in [1.29, 1.82) is 0 Å². The predicted octanol–water partition coefficient (Wildman–Crippen LogP) is 2.52. The summed E-state index contributed by atoms with van der Waals surface area (Å²) in [5.41, 5.74) is 0.836. The molecule has 1 amide bonds. The maximum absolute atomic E-state index is 13.4. The number of amides is 1. The highest BCUT2D eigenvalue weighted by atomic mass is 19.1. The minimum absolute atomic E-state index is 0.0955. The topological polar surface area (TPSA) is 66.4 Å². The van der Waals surface area contributed by atoms with E-state index < -0.39 is 23.5 Å². The standard InChI is InChI=1S/C16H13F2NO3/c17-13-5-4-11(14(18)8-13)7-15(20)19-9-10-2-1-3-12(6-10)16(21)22/h1-6,8H,7,9H2,(H,19,20)(H,21,22). The second-order valence-corrected chi connectivity index (χ2v) is 4.69. The fourth-order valence-corrected chi connectivity index (χ4v) is 1.92. The van der Waals surface area contributed by atoms with Crippen LogP contribution in [0.3, 0.4) is 0 Å². The lowest BCUT2D eigenvalue weighted by Gasteiger charge is -2.07. The summed E-state index contributed by atoms with van der Waals surface area (Å²) in [7, 11) is 0. The minimum atomic E-state index is -1.05. The summed E-state index contributed by atoms with van der Waals surface area (Å²) in [4.78, 5) is 22.6. The molecule has 0 bridgehead atoms. The number of aromatic carboxylic acids is 1. The zero-order chi connectivity index (χ0) is 16.1. The molecule has 0 heterocycles. The van der Waals surface area contributed by atoms with Gasteiger partial charge in [0.15, 0.2) is 0 Å². The van der Waals surface area contributed by atoms with Gasteiger partial charge in [-0.3, -0.25) is 4.79 Å². The normalized spacial score (nSPS) is 10.3. The van der Waals surface area contributed by atoms with Crippen LogP contribution in [0.4, 0.5) is 8.78 Å². The molecule has 0 unspecified atom stereocenters. The number of carboxylic acid groups (broad SMARTS) is 1. The summed E-state index contributed by atoms with van der Waals surface area (Å²) in [5, 5.41) is 11.4. The lowest BCUT2D eigenvalue weighted by atomic mass is 10.1. The lowest BCUT2D eigenvalue weighted by molar-refractivity contribution is -0.120. The third-order valence-electron chi connectivity index (χ3n) is 3.03. The number of halogens is 2. The first kappa shape index (κ1) is 15.6. The molecule has 2 rings (SSSR count). The maximum Gasteiger partial charge on any atom is 0.335 e. The van der Waals surface area contributed by atoms with E-state index in [1.807, 2.05) is 0 Å². The fraction of sp³-hybridized carbons (Fsp3) is 0.125. The third-order valence-corrected chi connectivity index (χ3v) is 3.03. The van der Waals surface area contributed by atoms with Gasteiger partial charge in [-0.15, -0.1) is 0 Å². The van der Waals surface area contributed by atoms with Gasteiger partial charge in [0.05, 0.1) is 12.0 Å². The average molecular weight is 305 g/mol. The monoisotopic (exact) mass is 305 g/mol. The average Bonchev–Trinajstić information content (AvgIpc) is 2.48. The minimum Gasteiger partial charge on any atom is -0.478 e. The molecule has 2 aromatic carbocycles. The highest BCUT2D eigenvalue weighted by Gasteiger charge is 2.09. The van der Waals surface area contributed by atoms with Gasteiger partial charge in [-0.05, 0) is 29.3 Å². The molecule has 0 spiro atoms. The Morgan fingerprint density at radius 2 is 1.86 bits per heavy atom. The Morgan fingerprint density at radius 3 is 2.55 bits per heavy atom. The molecular weight excluding hydrogens is 292 g/mol. The van der Waals surface area contributed by atoms with Crippen molar-refractivity contribution < 1.29 is 23.5 Å². The molecule has 0 radical (unpaired) electrons. The molecule has 0 aliphatic carbocycles. The predicted molar refractivity (Wildman–Crippen MR) is 75.3 cm³/mol. The Hall–Kier alpha value is -2.76. The van der Waals surface area contributed by atoms with Crippen LogP contribution >= 0.6 is 0 Å². The SMILES string of the molecule is O=C(Cc1ccc(F)cc1F)NCc1cccc(C(=O)O)c1. The van der Waals surface area contributed by atoms with Crippen molar-refractivity contribution in [2.24, 2.45) is 0 Å². The first-order valence-corrected chi connectivity index (χ1v) is 6.48. The molecule has 2 aromatic rings. The number of hydrogen-bond donors (Lipinski definition) is 2. The Kier molecular flexibility index (Phi) is 4.83. The van der Waals surface area contributed by atoms with Gasteiger partial charge in [0.1, 0.15) is 11.6 Å². The van der Waals surface area contributed by atoms with Crippen molar-refractivity contribution in [2.75, 3.05) is 0 Å². The molecule has 0 fully saturated rings. The van der Waals surface area contributed by atoms with E-state index in [-0.39, 0.29) is 24.1 Å². The van der Waals surface area contributed by atoms with Gasteiger partial charge < -0.3 is 10.4 Å². The van der Waals surface area contributed by atoms with Gasteiger partial charge in [-0.1, -0.05) is 18.2 Å². The number of carboxylic acids is 1. The summed E-state index contributed by atoms with van der Waals surface area (Å²) in [6.45, 7) is 0.128. The molecule has 4 nitrogen and oxygen atoms in total. The molecule has 6 heteroatoms. The maximum atomic E-state index is 13.4. The quantitative estimate of drug-likeness (QED) is 0.892. The van der Waals surface area contributed by atoms with Crippen molar-refractivity contribution in [3.8, 4) is 0 Å². The smallest absolute Gasteiger partial charge is 0.335 e. The highest BCUT2D eigenvalue weighted by molar-refractivity contribution is 5.87. The number of carbonyl (C=O) groups is 2. The number of carbonyl (C=O) groups excluding carboxylic acids is 1. The van der Waals surface area contributed by atoms with Crippen LogP contribution in [0.1, 0.15) is 21.5 Å². The lowest BCUT2D eigenvalue weighted by Crippen LogP contribution is -2.25. The molecule has 0 aromatic heterocycles. The van der Waals surface area contributed by atoms with Crippen molar-refractivity contribution in [1.82, 2.24) is 5.32 Å². The molecule has 0 aliphatic rings. The molecule has 114 valence electrons. The van der Waals surface area contributed by atoms with Crippen LogP contribution in [0.25, 0.3) is 0 Å². The number of benzene rings is 2. The van der Waals surface area contributed by atoms with E-state index in [0.717, 1.165) is 12.1 Å². The number of rotatable bonds is 5. The summed E-state index contributed by atoms with van der Waals surface area (Å²) in [6.07, 6.45) is -0.218. The number of hydrogen-bond acceptors (Lipinski definition) is 2. The fourth-order valence-electron chi connectivity index (χ4n) is 1.92.